The third-order valence-corrected chi connectivity index (χ3v) is 2.38. The molecule has 0 saturated carbocycles. The largest absolute Gasteiger partial charge is 0.508 e. The van der Waals surface area contributed by atoms with Gasteiger partial charge in [-0.25, -0.2) is 4.98 Å². The minimum Gasteiger partial charge on any atom is -0.508 e. The summed E-state index contributed by atoms with van der Waals surface area (Å²) in [5.74, 6) is 0.895. The van der Waals surface area contributed by atoms with Crippen molar-refractivity contribution in [1.82, 2.24) is 4.98 Å². The third-order valence-electron chi connectivity index (χ3n) is 2.38. The first-order chi connectivity index (χ1) is 8.75. The van der Waals surface area contributed by atoms with Crippen molar-refractivity contribution < 1.29 is 5.11 Å². The van der Waals surface area contributed by atoms with E-state index in [9.17, 15) is 0 Å². The van der Waals surface area contributed by atoms with Crippen molar-refractivity contribution in [2.75, 3.05) is 5.73 Å². The molecule has 3 N–H and O–H groups in total. The number of nitrogen functional groups attached to an aromatic ring is 1. The molecule has 0 saturated heterocycles. The summed E-state index contributed by atoms with van der Waals surface area (Å²) in [7, 11) is 0. The van der Waals surface area contributed by atoms with Gasteiger partial charge in [-0.15, -0.1) is 0 Å². The second-order valence-electron chi connectivity index (χ2n) is 3.76. The molecule has 0 amide bonds. The second-order valence-corrected chi connectivity index (χ2v) is 3.76. The van der Waals surface area contributed by atoms with Crippen molar-refractivity contribution in [1.29, 1.82) is 0 Å². The molecule has 3 rings (SSSR count). The van der Waals surface area contributed by atoms with Gasteiger partial charge in [-0.2, -0.15) is 0 Å². The molecule has 0 bridgehead atoms. The highest BCUT2D eigenvalue weighted by atomic mass is 16.3. The lowest BCUT2D eigenvalue weighted by Crippen LogP contribution is -1.88. The molecule has 0 unspecified atom stereocenters. The van der Waals surface area contributed by atoms with E-state index >= 15 is 0 Å². The molecular weight excluding hydrogens is 224 g/mol. The van der Waals surface area contributed by atoms with Crippen LogP contribution >= 0.6 is 0 Å². The Morgan fingerprint density at radius 3 is 2.11 bits per heavy atom. The van der Waals surface area contributed by atoms with Gasteiger partial charge in [-0.3, -0.25) is 0 Å². The van der Waals surface area contributed by atoms with Crippen LogP contribution in [0.2, 0.25) is 0 Å². The van der Waals surface area contributed by atoms with Gasteiger partial charge in [0.25, 0.3) is 0 Å². The Kier molecular flexibility index (Phi) is 3.76. The van der Waals surface area contributed by atoms with Crippen LogP contribution in [0.5, 0.6) is 5.75 Å². The zero-order valence-electron chi connectivity index (χ0n) is 9.82. The van der Waals surface area contributed by atoms with Crippen LogP contribution in [0.1, 0.15) is 0 Å². The van der Waals surface area contributed by atoms with Gasteiger partial charge in [-0.05, 0) is 30.3 Å². The van der Waals surface area contributed by atoms with E-state index in [0.717, 1.165) is 10.9 Å². The summed E-state index contributed by atoms with van der Waals surface area (Å²) in [5.41, 5.74) is 6.46. The van der Waals surface area contributed by atoms with Gasteiger partial charge >= 0.3 is 0 Å². The number of phenolic OH excluding ortho intramolecular Hbond substituents is 1. The number of para-hydroxylation sites is 2. The fourth-order valence-electron chi connectivity index (χ4n) is 1.51. The number of rotatable bonds is 0. The topological polar surface area (TPSA) is 59.1 Å². The van der Waals surface area contributed by atoms with Gasteiger partial charge in [0.2, 0.25) is 0 Å². The number of nitrogens with zero attached hydrogens (tertiary/aromatic N) is 1. The Balaban J connectivity index is 0.000000149. The summed E-state index contributed by atoms with van der Waals surface area (Å²) in [5, 5.41) is 9.76. The minimum atomic E-state index is 0.322. The summed E-state index contributed by atoms with van der Waals surface area (Å²) < 4.78 is 0. The van der Waals surface area contributed by atoms with E-state index in [1.807, 2.05) is 42.5 Å². The van der Waals surface area contributed by atoms with Crippen LogP contribution in [0.4, 0.5) is 5.82 Å². The second kappa shape index (κ2) is 5.68. The number of aromatic nitrogens is 1. The Morgan fingerprint density at radius 1 is 0.778 bits per heavy atom. The van der Waals surface area contributed by atoms with Crippen LogP contribution < -0.4 is 5.73 Å². The van der Waals surface area contributed by atoms with Crippen molar-refractivity contribution in [3.05, 3.63) is 66.7 Å². The van der Waals surface area contributed by atoms with Crippen LogP contribution in [0, 0.1) is 0 Å². The molecule has 3 heteroatoms. The predicted octanol–water partition coefficient (Wildman–Crippen LogP) is 3.21. The van der Waals surface area contributed by atoms with Crippen LogP contribution in [0.3, 0.4) is 0 Å². The normalized spacial score (nSPS) is 9.56. The van der Waals surface area contributed by atoms with Crippen LogP contribution in [0.25, 0.3) is 10.9 Å². The molecule has 0 fully saturated rings. The lowest BCUT2D eigenvalue weighted by Gasteiger charge is -1.95. The third kappa shape index (κ3) is 3.22. The van der Waals surface area contributed by atoms with E-state index in [4.69, 9.17) is 10.8 Å². The maximum atomic E-state index is 8.63. The number of nitrogens with two attached hydrogens (primary N) is 1. The fourth-order valence-corrected chi connectivity index (χ4v) is 1.51. The zero-order valence-corrected chi connectivity index (χ0v) is 9.82. The molecule has 0 aliphatic rings. The molecule has 18 heavy (non-hydrogen) atoms. The van der Waals surface area contributed by atoms with Crippen molar-refractivity contribution >= 4 is 16.7 Å². The summed E-state index contributed by atoms with van der Waals surface area (Å²) in [4.78, 5) is 4.15. The molecule has 0 spiro atoms. The number of hydrogen-bond donors (Lipinski definition) is 2. The fraction of sp³-hybridized carbons (Fsp3) is 0. The number of anilines is 1. The smallest absolute Gasteiger partial charge is 0.124 e. The van der Waals surface area contributed by atoms with Gasteiger partial charge in [0, 0.05) is 5.39 Å². The minimum absolute atomic E-state index is 0.322. The lowest BCUT2D eigenvalue weighted by atomic mass is 10.2. The molecule has 0 aliphatic heterocycles. The van der Waals surface area contributed by atoms with Gasteiger partial charge in [0.15, 0.2) is 0 Å². The van der Waals surface area contributed by atoms with Crippen molar-refractivity contribution in [3.8, 4) is 5.75 Å². The Morgan fingerprint density at radius 2 is 1.44 bits per heavy atom. The molecule has 0 aliphatic carbocycles. The summed E-state index contributed by atoms with van der Waals surface area (Å²) in [6.45, 7) is 0. The summed E-state index contributed by atoms with van der Waals surface area (Å²) >= 11 is 0. The summed E-state index contributed by atoms with van der Waals surface area (Å²) in [6.07, 6.45) is 0. The van der Waals surface area contributed by atoms with Crippen molar-refractivity contribution in [2.24, 2.45) is 0 Å². The molecule has 90 valence electrons. The maximum Gasteiger partial charge on any atom is 0.124 e. The van der Waals surface area contributed by atoms with Crippen LogP contribution in [-0.2, 0) is 0 Å². The van der Waals surface area contributed by atoms with Crippen LogP contribution in [-0.4, -0.2) is 10.1 Å². The Bertz CT molecular complexity index is 623. The Hall–Kier alpha value is -2.55. The van der Waals surface area contributed by atoms with Gasteiger partial charge in [0.1, 0.15) is 11.6 Å². The van der Waals surface area contributed by atoms with Gasteiger partial charge in [-0.1, -0.05) is 36.4 Å². The SMILES string of the molecule is Nc1ccc2ccccc2n1.Oc1ccccc1. The quantitative estimate of drug-likeness (QED) is 0.632. The highest BCUT2D eigenvalue weighted by Crippen LogP contribution is 2.11. The highest BCUT2D eigenvalue weighted by molar-refractivity contribution is 5.79. The molecule has 1 aromatic heterocycles. The molecule has 1 heterocycles. The highest BCUT2D eigenvalue weighted by Gasteiger charge is 1.91. The van der Waals surface area contributed by atoms with E-state index in [1.165, 1.54) is 0 Å². The van der Waals surface area contributed by atoms with Crippen LogP contribution in [0.15, 0.2) is 66.7 Å². The number of aromatic hydroxyl groups is 1. The van der Waals surface area contributed by atoms with E-state index in [-0.39, 0.29) is 0 Å². The first kappa shape index (κ1) is 11.9. The first-order valence-corrected chi connectivity index (χ1v) is 5.61. The van der Waals surface area contributed by atoms with Gasteiger partial charge in [0.05, 0.1) is 5.52 Å². The first-order valence-electron chi connectivity index (χ1n) is 5.61. The lowest BCUT2D eigenvalue weighted by molar-refractivity contribution is 0.475. The Labute approximate surface area is 106 Å². The van der Waals surface area contributed by atoms with E-state index < -0.39 is 0 Å². The number of fused-ring (bicyclic) bond motifs is 1. The summed E-state index contributed by atoms with van der Waals surface area (Å²) in [6, 6.07) is 20.4. The van der Waals surface area contributed by atoms with E-state index in [2.05, 4.69) is 4.98 Å². The van der Waals surface area contributed by atoms with Crippen molar-refractivity contribution in [2.45, 2.75) is 0 Å². The zero-order chi connectivity index (χ0) is 12.8. The average Bonchev–Trinajstić information content (AvgIpc) is 2.40. The monoisotopic (exact) mass is 238 g/mol. The average molecular weight is 238 g/mol. The van der Waals surface area contributed by atoms with E-state index in [1.54, 1.807) is 24.3 Å². The molecular formula is C15H14N2O. The van der Waals surface area contributed by atoms with Gasteiger partial charge < -0.3 is 10.8 Å². The molecule has 2 aromatic carbocycles. The standard InChI is InChI=1S/C9H8N2.C6H6O/c10-9-6-5-7-3-1-2-4-8(7)11-9;7-6-4-2-1-3-5-6/h1-6H,(H2,10,11);1-5,7H. The number of phenols is 1. The predicted molar refractivity (Wildman–Crippen MR) is 74.3 cm³/mol. The molecule has 3 aromatic rings. The molecule has 3 nitrogen and oxygen atoms in total. The number of benzene rings is 2. The number of hydrogen-bond acceptors (Lipinski definition) is 3. The molecule has 0 radical (unpaired) electrons. The van der Waals surface area contributed by atoms with E-state index in [0.29, 0.717) is 11.6 Å². The molecule has 0 atom stereocenters. The maximum absolute atomic E-state index is 8.63. The number of pyridine rings is 1. The van der Waals surface area contributed by atoms with Crippen molar-refractivity contribution in [3.63, 3.8) is 0 Å².